The Morgan fingerprint density at radius 3 is 2.56 bits per heavy atom. The zero-order chi connectivity index (χ0) is 6.85. The van der Waals surface area contributed by atoms with Gasteiger partial charge in [0, 0.05) is 6.04 Å². The maximum atomic E-state index is 10.7. The van der Waals surface area contributed by atoms with Gasteiger partial charge in [0.15, 0.2) is 0 Å². The first kappa shape index (κ1) is 6.39. The van der Waals surface area contributed by atoms with Crippen molar-refractivity contribution in [2.24, 2.45) is 0 Å². The van der Waals surface area contributed by atoms with Crippen LogP contribution in [0, 0.1) is 0 Å². The molecule has 1 saturated heterocycles. The third kappa shape index (κ3) is 1.15. The highest BCUT2D eigenvalue weighted by molar-refractivity contribution is 5.69. The van der Waals surface area contributed by atoms with Gasteiger partial charge in [-0.2, -0.15) is 0 Å². The molecule has 1 amide bonds. The lowest BCUT2D eigenvalue weighted by molar-refractivity contribution is 0.152. The summed E-state index contributed by atoms with van der Waals surface area (Å²) in [4.78, 5) is 12.4. The molecule has 3 heteroatoms. The Bertz CT molecular complexity index is 122. The molecule has 1 heterocycles. The molecule has 0 N–H and O–H groups in total. The number of carbonyl (C=O) groups excluding carboxylic acids is 1. The number of ether oxygens (including phenoxy) is 1. The molecule has 0 aromatic heterocycles. The molecule has 0 bridgehead atoms. The highest BCUT2D eigenvalue weighted by Crippen LogP contribution is 2.06. The summed E-state index contributed by atoms with van der Waals surface area (Å²) in [6, 6.07) is 0.278. The Morgan fingerprint density at radius 1 is 1.67 bits per heavy atom. The van der Waals surface area contributed by atoms with Gasteiger partial charge in [-0.25, -0.2) is 4.79 Å². The van der Waals surface area contributed by atoms with Crippen LogP contribution in [-0.2, 0) is 4.74 Å². The van der Waals surface area contributed by atoms with Crippen LogP contribution in [0.3, 0.4) is 0 Å². The lowest BCUT2D eigenvalue weighted by Crippen LogP contribution is -2.31. The van der Waals surface area contributed by atoms with Crippen LogP contribution in [0.2, 0.25) is 0 Å². The van der Waals surface area contributed by atoms with Crippen molar-refractivity contribution in [3.63, 3.8) is 0 Å². The Hall–Kier alpha value is -0.730. The quantitative estimate of drug-likeness (QED) is 0.525. The molecule has 1 fully saturated rings. The second-order valence-electron chi connectivity index (χ2n) is 2.40. The largest absolute Gasteiger partial charge is 0.448 e. The third-order valence-corrected chi connectivity index (χ3v) is 1.42. The summed E-state index contributed by atoms with van der Waals surface area (Å²) < 4.78 is 4.71. The summed E-state index contributed by atoms with van der Waals surface area (Å²) >= 11 is 0. The molecule has 1 aliphatic heterocycles. The van der Waals surface area contributed by atoms with E-state index in [1.165, 1.54) is 0 Å². The maximum absolute atomic E-state index is 10.7. The molecule has 0 aromatic rings. The monoisotopic (exact) mass is 129 g/mol. The lowest BCUT2D eigenvalue weighted by Gasteiger charge is -2.15. The molecule has 0 saturated carbocycles. The molecule has 0 atom stereocenters. The van der Waals surface area contributed by atoms with Gasteiger partial charge >= 0.3 is 6.09 Å². The van der Waals surface area contributed by atoms with E-state index in [4.69, 9.17) is 4.74 Å². The van der Waals surface area contributed by atoms with Gasteiger partial charge in [0.2, 0.25) is 0 Å². The first-order valence-corrected chi connectivity index (χ1v) is 3.15. The van der Waals surface area contributed by atoms with Crippen molar-refractivity contribution in [1.82, 2.24) is 4.90 Å². The highest BCUT2D eigenvalue weighted by atomic mass is 16.6. The molecule has 0 aromatic carbocycles. The number of hydrogen-bond acceptors (Lipinski definition) is 2. The van der Waals surface area contributed by atoms with E-state index in [-0.39, 0.29) is 12.1 Å². The molecule has 9 heavy (non-hydrogen) atoms. The van der Waals surface area contributed by atoms with E-state index in [1.54, 1.807) is 4.90 Å². The van der Waals surface area contributed by atoms with Gasteiger partial charge in [0.1, 0.15) is 6.61 Å². The topological polar surface area (TPSA) is 29.5 Å². The Morgan fingerprint density at radius 2 is 2.33 bits per heavy atom. The van der Waals surface area contributed by atoms with Crippen molar-refractivity contribution < 1.29 is 9.53 Å². The van der Waals surface area contributed by atoms with E-state index in [1.807, 2.05) is 13.8 Å². The zero-order valence-corrected chi connectivity index (χ0v) is 5.76. The van der Waals surface area contributed by atoms with Crippen molar-refractivity contribution in [3.8, 4) is 0 Å². The van der Waals surface area contributed by atoms with Crippen LogP contribution in [0.15, 0.2) is 0 Å². The molecule has 52 valence electrons. The standard InChI is InChI=1S/C6H11NO2/c1-5(2)7-3-4-9-6(7)8/h5H,3-4H2,1-2H3. The van der Waals surface area contributed by atoms with Crippen LogP contribution in [-0.4, -0.2) is 30.2 Å². The number of carbonyl (C=O) groups is 1. The van der Waals surface area contributed by atoms with E-state index in [0.717, 1.165) is 6.54 Å². The minimum absolute atomic E-state index is 0.176. The molecule has 0 spiro atoms. The van der Waals surface area contributed by atoms with Crippen molar-refractivity contribution in [2.45, 2.75) is 19.9 Å². The van der Waals surface area contributed by atoms with E-state index in [2.05, 4.69) is 0 Å². The lowest BCUT2D eigenvalue weighted by atomic mass is 10.3. The SMILES string of the molecule is CC(C)N1CCOC1=O. The highest BCUT2D eigenvalue weighted by Gasteiger charge is 2.23. The fraction of sp³-hybridized carbons (Fsp3) is 0.833. The van der Waals surface area contributed by atoms with Crippen molar-refractivity contribution in [2.75, 3.05) is 13.2 Å². The van der Waals surface area contributed by atoms with Gasteiger partial charge in [-0.15, -0.1) is 0 Å². The number of hydrogen-bond donors (Lipinski definition) is 0. The van der Waals surface area contributed by atoms with Gasteiger partial charge < -0.3 is 9.64 Å². The summed E-state index contributed by atoms with van der Waals surface area (Å²) in [5.41, 5.74) is 0. The third-order valence-electron chi connectivity index (χ3n) is 1.42. The molecule has 1 aliphatic rings. The van der Waals surface area contributed by atoms with Crippen LogP contribution >= 0.6 is 0 Å². The predicted molar refractivity (Wildman–Crippen MR) is 33.2 cm³/mol. The molecule has 3 nitrogen and oxygen atoms in total. The average Bonchev–Trinajstić information content (AvgIpc) is 2.13. The molecule has 1 rings (SSSR count). The molecule has 0 unspecified atom stereocenters. The first-order chi connectivity index (χ1) is 4.22. The summed E-state index contributed by atoms with van der Waals surface area (Å²) in [5.74, 6) is 0. The summed E-state index contributed by atoms with van der Waals surface area (Å²) in [7, 11) is 0. The normalized spacial score (nSPS) is 19.0. The van der Waals surface area contributed by atoms with Crippen molar-refractivity contribution in [3.05, 3.63) is 0 Å². The number of nitrogens with zero attached hydrogens (tertiary/aromatic N) is 1. The average molecular weight is 129 g/mol. The maximum Gasteiger partial charge on any atom is 0.410 e. The fourth-order valence-corrected chi connectivity index (χ4v) is 0.875. The van der Waals surface area contributed by atoms with E-state index >= 15 is 0 Å². The zero-order valence-electron chi connectivity index (χ0n) is 5.76. The molecule has 0 radical (unpaired) electrons. The fourth-order valence-electron chi connectivity index (χ4n) is 0.875. The van der Waals surface area contributed by atoms with Crippen LogP contribution < -0.4 is 0 Å². The van der Waals surface area contributed by atoms with Crippen molar-refractivity contribution in [1.29, 1.82) is 0 Å². The predicted octanol–water partition coefficient (Wildman–Crippen LogP) is 0.847. The second-order valence-corrected chi connectivity index (χ2v) is 2.40. The molecular weight excluding hydrogens is 118 g/mol. The summed E-state index contributed by atoms with van der Waals surface area (Å²) in [5, 5.41) is 0. The van der Waals surface area contributed by atoms with E-state index < -0.39 is 0 Å². The molecular formula is C6H11NO2. The second kappa shape index (κ2) is 2.25. The van der Waals surface area contributed by atoms with Crippen LogP contribution in [0.4, 0.5) is 4.79 Å². The van der Waals surface area contributed by atoms with E-state index in [0.29, 0.717) is 6.61 Å². The van der Waals surface area contributed by atoms with Gasteiger partial charge in [0.25, 0.3) is 0 Å². The van der Waals surface area contributed by atoms with Crippen LogP contribution in [0.25, 0.3) is 0 Å². The summed E-state index contributed by atoms with van der Waals surface area (Å²) in [6.45, 7) is 5.26. The first-order valence-electron chi connectivity index (χ1n) is 3.15. The number of rotatable bonds is 1. The van der Waals surface area contributed by atoms with Gasteiger partial charge in [-0.3, -0.25) is 0 Å². The Balaban J connectivity index is 2.49. The minimum atomic E-state index is -0.176. The number of cyclic esters (lactones) is 1. The minimum Gasteiger partial charge on any atom is -0.448 e. The molecule has 0 aliphatic carbocycles. The summed E-state index contributed by atoms with van der Waals surface area (Å²) in [6.07, 6.45) is -0.176. The Labute approximate surface area is 54.6 Å². The van der Waals surface area contributed by atoms with Gasteiger partial charge in [0.05, 0.1) is 6.54 Å². The van der Waals surface area contributed by atoms with Gasteiger partial charge in [-0.1, -0.05) is 0 Å². The smallest absolute Gasteiger partial charge is 0.410 e. The van der Waals surface area contributed by atoms with Crippen LogP contribution in [0.1, 0.15) is 13.8 Å². The van der Waals surface area contributed by atoms with Crippen LogP contribution in [0.5, 0.6) is 0 Å². The van der Waals surface area contributed by atoms with Crippen molar-refractivity contribution >= 4 is 6.09 Å². The van der Waals surface area contributed by atoms with Gasteiger partial charge in [-0.05, 0) is 13.8 Å². The Kier molecular flexibility index (Phi) is 1.60. The number of amides is 1. The van der Waals surface area contributed by atoms with E-state index in [9.17, 15) is 4.79 Å².